The summed E-state index contributed by atoms with van der Waals surface area (Å²) in [5.41, 5.74) is 0.319. The van der Waals surface area contributed by atoms with Gasteiger partial charge in [-0.25, -0.2) is 0 Å². The first kappa shape index (κ1) is 6.62. The van der Waals surface area contributed by atoms with E-state index < -0.39 is 0 Å². The molecule has 2 nitrogen and oxygen atoms in total. The van der Waals surface area contributed by atoms with Crippen molar-refractivity contribution in [2.45, 2.75) is 19.0 Å². The maximum Gasteiger partial charge on any atom is 0.0710 e. The van der Waals surface area contributed by atoms with E-state index in [1.54, 1.807) is 0 Å². The number of hydrogen-bond acceptors (Lipinski definition) is 2. The third-order valence-corrected chi connectivity index (χ3v) is 2.73. The van der Waals surface area contributed by atoms with Crippen molar-refractivity contribution >= 4 is 0 Å². The topological polar surface area (TPSA) is 6.02 Å². The summed E-state index contributed by atoms with van der Waals surface area (Å²) in [7, 11) is 0. The van der Waals surface area contributed by atoms with E-state index in [0.29, 0.717) is 5.66 Å². The van der Waals surface area contributed by atoms with Crippen LogP contribution in [0.1, 0.15) is 13.3 Å². The number of nitrogens with zero attached hydrogens (tertiary/aromatic N) is 2. The Balaban J connectivity index is 2.03. The van der Waals surface area contributed by atoms with E-state index in [2.05, 4.69) is 23.6 Å². The molecule has 2 aliphatic heterocycles. The van der Waals surface area contributed by atoms with Crippen LogP contribution in [0.2, 0.25) is 0 Å². The summed E-state index contributed by atoms with van der Waals surface area (Å²) in [6.07, 6.45) is 1.02. The molecule has 0 atom stereocenters. The summed E-state index contributed by atoms with van der Waals surface area (Å²) in [6.45, 7) is 11.4. The molecule has 2 heteroatoms. The first-order valence-corrected chi connectivity index (χ1v) is 4.07. The van der Waals surface area contributed by atoms with E-state index in [1.165, 1.54) is 26.2 Å². The molecular weight excluding hydrogens is 124 g/mol. The van der Waals surface area contributed by atoms with Gasteiger partial charge in [0.1, 0.15) is 0 Å². The van der Waals surface area contributed by atoms with Crippen LogP contribution in [0.5, 0.6) is 0 Å². The van der Waals surface area contributed by atoms with Crippen molar-refractivity contribution in [3.63, 3.8) is 0 Å². The molecular formula is C8H15N2. The lowest BCUT2D eigenvalue weighted by Gasteiger charge is -2.31. The lowest BCUT2D eigenvalue weighted by molar-refractivity contribution is 0.120. The lowest BCUT2D eigenvalue weighted by atomic mass is 10.1. The Morgan fingerprint density at radius 2 is 1.60 bits per heavy atom. The van der Waals surface area contributed by atoms with Crippen LogP contribution in [0, 0.1) is 6.92 Å². The van der Waals surface area contributed by atoms with Gasteiger partial charge < -0.3 is 0 Å². The van der Waals surface area contributed by atoms with Crippen LogP contribution in [-0.4, -0.2) is 41.6 Å². The molecule has 57 valence electrons. The van der Waals surface area contributed by atoms with Gasteiger partial charge in [-0.1, -0.05) is 6.92 Å². The van der Waals surface area contributed by atoms with Crippen molar-refractivity contribution in [3.8, 4) is 0 Å². The van der Waals surface area contributed by atoms with Gasteiger partial charge in [-0.3, -0.25) is 9.80 Å². The molecule has 0 aliphatic carbocycles. The maximum atomic E-state index is 4.00. The van der Waals surface area contributed by atoms with Crippen molar-refractivity contribution in [2.24, 2.45) is 0 Å². The van der Waals surface area contributed by atoms with Crippen molar-refractivity contribution in [1.29, 1.82) is 0 Å². The van der Waals surface area contributed by atoms with Gasteiger partial charge in [-0.15, -0.1) is 0 Å². The highest BCUT2D eigenvalue weighted by Crippen LogP contribution is 2.33. The second kappa shape index (κ2) is 1.95. The van der Waals surface area contributed by atoms with Crippen LogP contribution in [-0.2, 0) is 0 Å². The molecule has 10 heavy (non-hydrogen) atoms. The summed E-state index contributed by atoms with van der Waals surface area (Å²) in [5, 5.41) is 0. The highest BCUT2D eigenvalue weighted by atomic mass is 15.5. The molecule has 2 heterocycles. The second-order valence-corrected chi connectivity index (χ2v) is 3.44. The second-order valence-electron chi connectivity index (χ2n) is 3.44. The monoisotopic (exact) mass is 139 g/mol. The zero-order valence-electron chi connectivity index (χ0n) is 6.64. The van der Waals surface area contributed by atoms with Crippen molar-refractivity contribution < 1.29 is 0 Å². The van der Waals surface area contributed by atoms with E-state index in [1.807, 2.05) is 0 Å². The van der Waals surface area contributed by atoms with E-state index in [4.69, 9.17) is 0 Å². The van der Waals surface area contributed by atoms with E-state index >= 15 is 0 Å². The molecule has 0 spiro atoms. The Hall–Kier alpha value is -0.0800. The zero-order valence-corrected chi connectivity index (χ0v) is 6.64. The summed E-state index contributed by atoms with van der Waals surface area (Å²) < 4.78 is 0. The fraction of sp³-hybridized carbons (Fsp3) is 0.875. The molecule has 0 N–H and O–H groups in total. The molecule has 1 radical (unpaired) electrons. The van der Waals surface area contributed by atoms with Gasteiger partial charge in [0.25, 0.3) is 0 Å². The minimum Gasteiger partial charge on any atom is -0.283 e. The predicted molar refractivity (Wildman–Crippen MR) is 41.5 cm³/mol. The Labute approximate surface area is 62.8 Å². The van der Waals surface area contributed by atoms with Crippen LogP contribution < -0.4 is 0 Å². The molecule has 2 aliphatic rings. The smallest absolute Gasteiger partial charge is 0.0710 e. The first-order chi connectivity index (χ1) is 4.77. The van der Waals surface area contributed by atoms with Gasteiger partial charge >= 0.3 is 0 Å². The van der Waals surface area contributed by atoms with Crippen LogP contribution >= 0.6 is 0 Å². The maximum absolute atomic E-state index is 4.00. The van der Waals surface area contributed by atoms with E-state index in [-0.39, 0.29) is 0 Å². The SMILES string of the molecule is [CH2]CC(C)(N1CC1)N1CC1. The van der Waals surface area contributed by atoms with Gasteiger partial charge in [-0.05, 0) is 13.3 Å². The Kier molecular flexibility index (Phi) is 1.29. The van der Waals surface area contributed by atoms with Crippen molar-refractivity contribution in [1.82, 2.24) is 9.80 Å². The minimum atomic E-state index is 0.319. The zero-order chi connectivity index (χ0) is 7.19. The minimum absolute atomic E-state index is 0.319. The molecule has 0 unspecified atom stereocenters. The highest BCUT2D eigenvalue weighted by molar-refractivity contribution is 4.99. The van der Waals surface area contributed by atoms with Gasteiger partial charge in [0, 0.05) is 26.2 Å². The van der Waals surface area contributed by atoms with Gasteiger partial charge in [-0.2, -0.15) is 0 Å². The average Bonchev–Trinajstić information content (AvgIpc) is 2.73. The van der Waals surface area contributed by atoms with Crippen LogP contribution in [0.4, 0.5) is 0 Å². The Bertz CT molecular complexity index is 124. The van der Waals surface area contributed by atoms with Gasteiger partial charge in [0.05, 0.1) is 5.66 Å². The largest absolute Gasteiger partial charge is 0.283 e. The van der Waals surface area contributed by atoms with Crippen molar-refractivity contribution in [3.05, 3.63) is 6.92 Å². The third-order valence-electron chi connectivity index (χ3n) is 2.73. The van der Waals surface area contributed by atoms with E-state index in [0.717, 1.165) is 6.42 Å². The number of hydrogen-bond donors (Lipinski definition) is 0. The molecule has 0 saturated carbocycles. The summed E-state index contributed by atoms with van der Waals surface area (Å²) in [4.78, 5) is 4.99. The standard InChI is InChI=1S/C8H15N2/c1-3-8(2,9-4-5-9)10-6-7-10/h1,3-7H2,2H3. The Morgan fingerprint density at radius 3 is 1.80 bits per heavy atom. The molecule has 2 fully saturated rings. The van der Waals surface area contributed by atoms with E-state index in [9.17, 15) is 0 Å². The average molecular weight is 139 g/mol. The first-order valence-electron chi connectivity index (χ1n) is 4.07. The van der Waals surface area contributed by atoms with Crippen LogP contribution in [0.25, 0.3) is 0 Å². The molecule has 0 bridgehead atoms. The van der Waals surface area contributed by atoms with Crippen LogP contribution in [0.3, 0.4) is 0 Å². The normalized spacial score (nSPS) is 27.0. The predicted octanol–water partition coefficient (Wildman–Crippen LogP) is 0.558. The fourth-order valence-electron chi connectivity index (χ4n) is 1.58. The number of rotatable bonds is 3. The molecule has 2 rings (SSSR count). The quantitative estimate of drug-likeness (QED) is 0.527. The molecule has 2 saturated heterocycles. The van der Waals surface area contributed by atoms with Crippen LogP contribution in [0.15, 0.2) is 0 Å². The lowest BCUT2D eigenvalue weighted by Crippen LogP contribution is -2.41. The highest BCUT2D eigenvalue weighted by Gasteiger charge is 2.45. The van der Waals surface area contributed by atoms with Gasteiger partial charge in [0.15, 0.2) is 0 Å². The Morgan fingerprint density at radius 1 is 1.20 bits per heavy atom. The van der Waals surface area contributed by atoms with Gasteiger partial charge in [0.2, 0.25) is 0 Å². The summed E-state index contributed by atoms with van der Waals surface area (Å²) in [6, 6.07) is 0. The summed E-state index contributed by atoms with van der Waals surface area (Å²) >= 11 is 0. The van der Waals surface area contributed by atoms with Crippen molar-refractivity contribution in [2.75, 3.05) is 26.2 Å². The summed E-state index contributed by atoms with van der Waals surface area (Å²) in [5.74, 6) is 0. The molecule has 0 aromatic heterocycles. The fourth-order valence-corrected chi connectivity index (χ4v) is 1.58. The third kappa shape index (κ3) is 0.867. The molecule has 0 amide bonds. The molecule has 0 aromatic rings. The molecule has 0 aromatic carbocycles.